The molecule has 0 aromatic heterocycles. The van der Waals surface area contributed by atoms with Gasteiger partial charge in [-0.1, -0.05) is 20.8 Å². The van der Waals surface area contributed by atoms with Crippen molar-refractivity contribution in [1.82, 2.24) is 4.90 Å². The van der Waals surface area contributed by atoms with Crippen LogP contribution in [0.15, 0.2) is 0 Å². The van der Waals surface area contributed by atoms with Crippen LogP contribution in [0.25, 0.3) is 0 Å². The predicted octanol–water partition coefficient (Wildman–Crippen LogP) is 3.93. The molecule has 0 bridgehead atoms. The summed E-state index contributed by atoms with van der Waals surface area (Å²) in [5.74, 6) is -0.177. The number of likely N-dealkylation sites (tertiary alicyclic amines) is 1. The second-order valence-electron chi connectivity index (χ2n) is 8.52. The molecule has 1 atom stereocenters. The predicted molar refractivity (Wildman–Crippen MR) is 89.3 cm³/mol. The average molecular weight is 330 g/mol. The Hall–Kier alpha value is -0.883. The first-order valence-electron chi connectivity index (χ1n) is 7.94. The zero-order valence-corrected chi connectivity index (χ0v) is 16.3. The highest BCUT2D eigenvalue weighted by Crippen LogP contribution is 2.38. The third kappa shape index (κ3) is 5.09. The van der Waals surface area contributed by atoms with Crippen LogP contribution in [0, 0.1) is 0 Å². The number of piperidine rings is 1. The maximum absolute atomic E-state index is 12.2. The molecule has 1 heterocycles. The number of hydrogen-bond acceptors (Lipinski definition) is 4. The molecule has 1 aliphatic rings. The highest BCUT2D eigenvalue weighted by Gasteiger charge is 2.42. The highest BCUT2D eigenvalue weighted by atomic mass is 28.4. The molecule has 0 unspecified atom stereocenters. The average Bonchev–Trinajstić information content (AvgIpc) is 2.27. The van der Waals surface area contributed by atoms with Gasteiger partial charge in [-0.2, -0.15) is 0 Å². The molecule has 0 radical (unpaired) electrons. The summed E-state index contributed by atoms with van der Waals surface area (Å²) in [5, 5.41) is 0.102. The van der Waals surface area contributed by atoms with Crippen LogP contribution in [0.3, 0.4) is 0 Å². The van der Waals surface area contributed by atoms with Gasteiger partial charge < -0.3 is 9.16 Å². The van der Waals surface area contributed by atoms with Crippen molar-refractivity contribution in [2.45, 2.75) is 84.2 Å². The normalized spacial score (nSPS) is 21.0. The monoisotopic (exact) mass is 329 g/mol. The van der Waals surface area contributed by atoms with Crippen LogP contribution in [-0.4, -0.2) is 43.5 Å². The van der Waals surface area contributed by atoms with Gasteiger partial charge in [0, 0.05) is 6.42 Å². The lowest BCUT2D eigenvalue weighted by Crippen LogP contribution is -2.52. The van der Waals surface area contributed by atoms with Crippen molar-refractivity contribution in [2.75, 3.05) is 6.54 Å². The zero-order chi connectivity index (χ0) is 17.3. The second-order valence-corrected chi connectivity index (χ2v) is 13.3. The van der Waals surface area contributed by atoms with Crippen LogP contribution in [0.4, 0.5) is 4.79 Å². The quantitative estimate of drug-likeness (QED) is 0.720. The molecular formula is C16H31NO4Si. The zero-order valence-electron chi connectivity index (χ0n) is 15.3. The molecule has 0 aromatic rings. The van der Waals surface area contributed by atoms with Crippen LogP contribution in [0.2, 0.25) is 18.1 Å². The first-order chi connectivity index (χ1) is 9.73. The van der Waals surface area contributed by atoms with Crippen molar-refractivity contribution >= 4 is 20.3 Å². The second kappa shape index (κ2) is 6.32. The van der Waals surface area contributed by atoms with Crippen molar-refractivity contribution in [1.29, 1.82) is 0 Å². The Morgan fingerprint density at radius 2 is 1.73 bits per heavy atom. The third-order valence-corrected chi connectivity index (χ3v) is 8.78. The number of carbonyl (C=O) groups is 2. The number of imide groups is 1. The first kappa shape index (κ1) is 19.2. The molecule has 2 amide bonds. The number of hydrogen-bond donors (Lipinski definition) is 0. The summed E-state index contributed by atoms with van der Waals surface area (Å²) >= 11 is 0. The van der Waals surface area contributed by atoms with Gasteiger partial charge in [0.05, 0.1) is 12.6 Å². The fourth-order valence-electron chi connectivity index (χ4n) is 2.00. The topological polar surface area (TPSA) is 55.8 Å². The van der Waals surface area contributed by atoms with E-state index >= 15 is 0 Å². The van der Waals surface area contributed by atoms with E-state index in [0.717, 1.165) is 0 Å². The van der Waals surface area contributed by atoms with Gasteiger partial charge in [-0.15, -0.1) is 0 Å². The van der Waals surface area contributed by atoms with E-state index in [1.807, 2.05) is 0 Å². The van der Waals surface area contributed by atoms with Crippen molar-refractivity contribution in [3.05, 3.63) is 0 Å². The largest absolute Gasteiger partial charge is 0.443 e. The number of amides is 2. The van der Waals surface area contributed by atoms with E-state index in [2.05, 4.69) is 33.9 Å². The van der Waals surface area contributed by atoms with Crippen LogP contribution in [-0.2, 0) is 14.0 Å². The maximum Gasteiger partial charge on any atom is 0.417 e. The minimum absolute atomic E-state index is 0.0916. The lowest BCUT2D eigenvalue weighted by atomic mass is 10.1. The minimum Gasteiger partial charge on any atom is -0.443 e. The van der Waals surface area contributed by atoms with Crippen LogP contribution in [0.5, 0.6) is 0 Å². The summed E-state index contributed by atoms with van der Waals surface area (Å²) in [6, 6.07) is 0. The van der Waals surface area contributed by atoms with E-state index in [0.29, 0.717) is 19.4 Å². The Balaban J connectivity index is 2.76. The smallest absolute Gasteiger partial charge is 0.417 e. The Morgan fingerprint density at radius 1 is 1.18 bits per heavy atom. The van der Waals surface area contributed by atoms with Crippen molar-refractivity contribution < 1.29 is 18.8 Å². The fraction of sp³-hybridized carbons (Fsp3) is 0.875. The minimum atomic E-state index is -1.92. The van der Waals surface area contributed by atoms with E-state index in [1.165, 1.54) is 4.90 Å². The molecule has 5 nitrogen and oxygen atoms in total. The van der Waals surface area contributed by atoms with Gasteiger partial charge in [-0.3, -0.25) is 4.79 Å². The highest BCUT2D eigenvalue weighted by molar-refractivity contribution is 6.74. The van der Waals surface area contributed by atoms with Crippen molar-refractivity contribution in [3.8, 4) is 0 Å². The van der Waals surface area contributed by atoms with Crippen molar-refractivity contribution in [2.24, 2.45) is 0 Å². The molecule has 0 aromatic carbocycles. The van der Waals surface area contributed by atoms with Gasteiger partial charge in [0.1, 0.15) is 5.60 Å². The summed E-state index contributed by atoms with van der Waals surface area (Å²) in [7, 11) is -1.92. The van der Waals surface area contributed by atoms with Gasteiger partial charge in [0.15, 0.2) is 8.32 Å². The Morgan fingerprint density at radius 3 is 2.18 bits per heavy atom. The van der Waals surface area contributed by atoms with Gasteiger partial charge in [-0.05, 0) is 45.3 Å². The Bertz CT molecular complexity index is 434. The van der Waals surface area contributed by atoms with Gasteiger partial charge in [-0.25, -0.2) is 9.69 Å². The van der Waals surface area contributed by atoms with Crippen LogP contribution < -0.4 is 0 Å². The molecule has 1 rings (SSSR count). The summed E-state index contributed by atoms with van der Waals surface area (Å²) in [6.45, 7) is 16.6. The van der Waals surface area contributed by atoms with Gasteiger partial charge >= 0.3 is 6.09 Å². The van der Waals surface area contributed by atoms with Gasteiger partial charge in [0.25, 0.3) is 0 Å². The molecular weight excluding hydrogens is 298 g/mol. The SMILES string of the molecule is CC(C)(C)OC(=O)N1C[C@@H](O[Si](C)(C)C(C)(C)C)CCC1=O. The number of carbonyl (C=O) groups excluding carboxylic acids is 2. The fourth-order valence-corrected chi connectivity index (χ4v) is 3.38. The lowest BCUT2D eigenvalue weighted by molar-refractivity contribution is -0.135. The molecule has 0 saturated carbocycles. The molecule has 0 N–H and O–H groups in total. The van der Waals surface area contributed by atoms with Crippen LogP contribution >= 0.6 is 0 Å². The van der Waals surface area contributed by atoms with E-state index in [9.17, 15) is 9.59 Å². The molecule has 1 aliphatic heterocycles. The molecule has 0 aliphatic carbocycles. The summed E-state index contributed by atoms with van der Waals surface area (Å²) < 4.78 is 11.7. The summed E-state index contributed by atoms with van der Waals surface area (Å²) in [5.41, 5.74) is -0.607. The first-order valence-corrected chi connectivity index (χ1v) is 10.8. The Kier molecular flexibility index (Phi) is 5.50. The number of nitrogens with zero attached hydrogens (tertiary/aromatic N) is 1. The van der Waals surface area contributed by atoms with Crippen molar-refractivity contribution in [3.63, 3.8) is 0 Å². The Labute approximate surface area is 135 Å². The summed E-state index contributed by atoms with van der Waals surface area (Å²) in [4.78, 5) is 25.4. The number of rotatable bonds is 2. The molecule has 1 saturated heterocycles. The maximum atomic E-state index is 12.2. The van der Waals surface area contributed by atoms with E-state index in [-0.39, 0.29) is 17.0 Å². The standard InChI is InChI=1S/C16H31NO4Si/c1-15(2,3)20-14(19)17-11-12(9-10-13(17)18)21-22(7,8)16(4,5)6/h12H,9-11H2,1-8H3/t12-/m0/s1. The van der Waals surface area contributed by atoms with Gasteiger partial charge in [0.2, 0.25) is 5.91 Å². The molecule has 0 spiro atoms. The van der Waals surface area contributed by atoms with E-state index in [4.69, 9.17) is 9.16 Å². The molecule has 6 heteroatoms. The third-order valence-electron chi connectivity index (χ3n) is 4.25. The van der Waals surface area contributed by atoms with Crippen LogP contribution in [0.1, 0.15) is 54.4 Å². The lowest BCUT2D eigenvalue weighted by Gasteiger charge is -2.41. The molecule has 1 fully saturated rings. The summed E-state index contributed by atoms with van der Waals surface area (Å²) in [6.07, 6.45) is 0.343. The van der Waals surface area contributed by atoms with E-state index < -0.39 is 20.0 Å². The molecule has 128 valence electrons. The molecule has 22 heavy (non-hydrogen) atoms. The number of ether oxygens (including phenoxy) is 1. The van der Waals surface area contributed by atoms with E-state index in [1.54, 1.807) is 20.8 Å².